The molecule has 1 amide bonds. The molecule has 4 aromatic rings. The summed E-state index contributed by atoms with van der Waals surface area (Å²) in [6.45, 7) is 3.85. The smallest absolute Gasteiger partial charge is 0.273 e. The number of nitrogens with one attached hydrogen (secondary N) is 1. The number of aromatic nitrogens is 5. The van der Waals surface area contributed by atoms with Gasteiger partial charge < -0.3 is 29.9 Å². The number of ether oxygens (including phenoxy) is 2. The van der Waals surface area contributed by atoms with Crippen molar-refractivity contribution in [3.63, 3.8) is 0 Å². The Morgan fingerprint density at radius 2 is 2.08 bits per heavy atom. The third kappa shape index (κ3) is 6.40. The van der Waals surface area contributed by atoms with Crippen LogP contribution in [0.5, 0.6) is 5.88 Å². The number of carbonyl (C=O) groups excluding carboxylic acids is 1. The fraction of sp³-hybridized carbons (Fsp3) is 0.486. The molecule has 5 heterocycles. The van der Waals surface area contributed by atoms with Crippen molar-refractivity contribution in [2.24, 2.45) is 0 Å². The molecule has 3 aromatic heterocycles. The molecule has 7 rings (SSSR count). The average molecular weight is 688 g/mol. The number of halogens is 2. The molecule has 3 unspecified atom stereocenters. The number of amides is 1. The van der Waals surface area contributed by atoms with Crippen molar-refractivity contribution in [1.29, 1.82) is 5.26 Å². The molecule has 50 heavy (non-hydrogen) atoms. The first kappa shape index (κ1) is 33.6. The number of carbonyl (C=O) groups is 1. The van der Waals surface area contributed by atoms with Gasteiger partial charge in [0.15, 0.2) is 23.0 Å². The number of nitriles is 1. The first-order valence-electron chi connectivity index (χ1n) is 17.0. The Morgan fingerprint density at radius 1 is 1.22 bits per heavy atom. The zero-order valence-electron chi connectivity index (χ0n) is 28.0. The second-order valence-electron chi connectivity index (χ2n) is 13.1. The largest absolute Gasteiger partial charge is 0.476 e. The van der Waals surface area contributed by atoms with Crippen LogP contribution in [-0.4, -0.2) is 81.2 Å². The minimum Gasteiger partial charge on any atom is -0.476 e. The summed E-state index contributed by atoms with van der Waals surface area (Å²) in [7, 11) is 2.06. The summed E-state index contributed by atoms with van der Waals surface area (Å²) in [6.07, 6.45) is 5.60. The molecule has 13 nitrogen and oxygen atoms in total. The highest BCUT2D eigenvalue weighted by Gasteiger charge is 2.40. The molecule has 2 fully saturated rings. The average Bonchev–Trinajstić information content (AvgIpc) is 3.95. The molecule has 1 aliphatic carbocycles. The highest BCUT2D eigenvalue weighted by molar-refractivity contribution is 5.92. The van der Waals surface area contributed by atoms with Crippen LogP contribution in [0, 0.1) is 11.3 Å². The Hall–Kier alpha value is -4.94. The summed E-state index contributed by atoms with van der Waals surface area (Å²) in [5.74, 6) is -3.00. The fourth-order valence-electron chi connectivity index (χ4n) is 7.10. The van der Waals surface area contributed by atoms with Gasteiger partial charge in [0.2, 0.25) is 5.88 Å². The van der Waals surface area contributed by atoms with Crippen LogP contribution in [-0.2, 0) is 17.1 Å². The second kappa shape index (κ2) is 13.8. The first-order valence-corrected chi connectivity index (χ1v) is 17.0. The number of hydrogen-bond donors (Lipinski definition) is 2. The van der Waals surface area contributed by atoms with Crippen molar-refractivity contribution in [1.82, 2.24) is 35.1 Å². The number of fused-ring (bicyclic) bond motifs is 1. The van der Waals surface area contributed by atoms with Gasteiger partial charge in [-0.1, -0.05) is 18.1 Å². The van der Waals surface area contributed by atoms with E-state index in [2.05, 4.69) is 33.6 Å². The second-order valence-corrected chi connectivity index (χ2v) is 13.1. The Kier molecular flexibility index (Phi) is 9.23. The summed E-state index contributed by atoms with van der Waals surface area (Å²) in [5, 5.41) is 21.9. The van der Waals surface area contributed by atoms with E-state index in [-0.39, 0.29) is 57.8 Å². The number of benzene rings is 1. The van der Waals surface area contributed by atoms with Gasteiger partial charge in [0.25, 0.3) is 11.8 Å². The van der Waals surface area contributed by atoms with Crippen molar-refractivity contribution >= 4 is 11.6 Å². The Bertz CT molecular complexity index is 1930. The van der Waals surface area contributed by atoms with Crippen molar-refractivity contribution in [3.8, 4) is 29.3 Å². The van der Waals surface area contributed by atoms with Crippen LogP contribution < -0.4 is 15.8 Å². The minimum absolute atomic E-state index is 0.0104. The summed E-state index contributed by atoms with van der Waals surface area (Å²) >= 11 is 0. The molecule has 15 heteroatoms. The van der Waals surface area contributed by atoms with E-state index in [9.17, 15) is 10.1 Å². The lowest BCUT2D eigenvalue weighted by atomic mass is 9.77. The number of rotatable bonds is 10. The van der Waals surface area contributed by atoms with Gasteiger partial charge in [-0.05, 0) is 69.8 Å². The normalized spacial score (nSPS) is 20.8. The Morgan fingerprint density at radius 3 is 2.82 bits per heavy atom. The molecular formula is C35H39F2N9O4. The summed E-state index contributed by atoms with van der Waals surface area (Å²) in [4.78, 5) is 24.7. The van der Waals surface area contributed by atoms with Gasteiger partial charge in [0.05, 0.1) is 18.2 Å². The lowest BCUT2D eigenvalue weighted by Gasteiger charge is -2.27. The van der Waals surface area contributed by atoms with E-state index < -0.39 is 18.3 Å². The van der Waals surface area contributed by atoms with E-state index in [1.807, 2.05) is 0 Å². The van der Waals surface area contributed by atoms with Crippen LogP contribution in [0.2, 0.25) is 0 Å². The molecule has 0 spiro atoms. The molecule has 0 bridgehead atoms. The van der Waals surface area contributed by atoms with Gasteiger partial charge >= 0.3 is 0 Å². The maximum atomic E-state index is 15.3. The standard InChI is InChI=1S/C35H39F2N9O4/c1-3-35(36,37)25-9-10-26(39)24(17-38)30(25)22-7-4-8-23-31(44-50-32(22)23)33-41-28(16-29(42-33)49-19-21-6-5-13-45(21)2)46-14-11-27(43-46)34(47)40-20-12-15-48-18-20/h9-11,14,16,20-22H,3-8,12-13,15,18-19,39H2,1-2H3,(H,40,47). The fourth-order valence-corrected chi connectivity index (χ4v) is 7.10. The van der Waals surface area contributed by atoms with Gasteiger partial charge in [-0.3, -0.25) is 4.79 Å². The molecule has 3 atom stereocenters. The van der Waals surface area contributed by atoms with Gasteiger partial charge in [-0.2, -0.15) is 15.3 Å². The molecule has 2 saturated heterocycles. The molecular weight excluding hydrogens is 648 g/mol. The molecule has 0 radical (unpaired) electrons. The SMILES string of the molecule is CCC(F)(F)c1ccc(N)c(C#N)c1C1CCCc2c(-c3nc(OCC4CCCN4C)cc(-n4ccc(C(=O)NC5CCOC5)n4)n3)noc21. The van der Waals surface area contributed by atoms with Crippen LogP contribution in [0.1, 0.15) is 89.9 Å². The number of likely N-dealkylation sites (tertiary alicyclic amines) is 1. The van der Waals surface area contributed by atoms with Crippen molar-refractivity contribution in [3.05, 3.63) is 64.2 Å². The molecule has 1 aromatic carbocycles. The maximum Gasteiger partial charge on any atom is 0.273 e. The van der Waals surface area contributed by atoms with Gasteiger partial charge in [0.1, 0.15) is 18.4 Å². The number of likely N-dealkylation sites (N-methyl/N-ethyl adjacent to an activating group) is 1. The molecule has 262 valence electrons. The van der Waals surface area contributed by atoms with E-state index in [0.29, 0.717) is 61.9 Å². The van der Waals surface area contributed by atoms with Gasteiger partial charge in [-0.15, -0.1) is 0 Å². The third-order valence-electron chi connectivity index (χ3n) is 9.95. The highest BCUT2D eigenvalue weighted by atomic mass is 19.3. The van der Waals surface area contributed by atoms with Crippen LogP contribution in [0.25, 0.3) is 17.3 Å². The van der Waals surface area contributed by atoms with Crippen LogP contribution in [0.15, 0.2) is 35.0 Å². The zero-order chi connectivity index (χ0) is 35.0. The minimum atomic E-state index is -3.18. The van der Waals surface area contributed by atoms with Gasteiger partial charge in [-0.25, -0.2) is 18.4 Å². The maximum absolute atomic E-state index is 15.3. The number of nitrogen functional groups attached to an aromatic ring is 1. The Labute approximate surface area is 287 Å². The molecule has 2 aliphatic heterocycles. The predicted molar refractivity (Wildman–Crippen MR) is 177 cm³/mol. The first-order chi connectivity index (χ1) is 24.2. The van der Waals surface area contributed by atoms with Crippen LogP contribution >= 0.6 is 0 Å². The number of anilines is 1. The predicted octanol–water partition coefficient (Wildman–Crippen LogP) is 4.73. The number of nitrogens with zero attached hydrogens (tertiary/aromatic N) is 7. The zero-order valence-corrected chi connectivity index (χ0v) is 28.0. The van der Waals surface area contributed by atoms with E-state index in [1.165, 1.54) is 23.7 Å². The topological polar surface area (TPSA) is 170 Å². The number of nitrogens with two attached hydrogens (primary N) is 1. The quantitative estimate of drug-likeness (QED) is 0.221. The van der Waals surface area contributed by atoms with Crippen molar-refractivity contribution in [2.45, 2.75) is 75.8 Å². The van der Waals surface area contributed by atoms with E-state index >= 15 is 8.78 Å². The third-order valence-corrected chi connectivity index (χ3v) is 9.95. The lowest BCUT2D eigenvalue weighted by molar-refractivity contribution is -0.00950. The van der Waals surface area contributed by atoms with E-state index in [1.54, 1.807) is 18.3 Å². The van der Waals surface area contributed by atoms with Gasteiger partial charge in [0, 0.05) is 54.1 Å². The number of alkyl halides is 2. The van der Waals surface area contributed by atoms with E-state index in [4.69, 9.17) is 29.7 Å². The number of hydrogen-bond acceptors (Lipinski definition) is 11. The highest BCUT2D eigenvalue weighted by Crippen LogP contribution is 2.47. The lowest BCUT2D eigenvalue weighted by Crippen LogP contribution is -2.35. The summed E-state index contributed by atoms with van der Waals surface area (Å²) in [5.41, 5.74) is 7.42. The van der Waals surface area contributed by atoms with Crippen LogP contribution in [0.4, 0.5) is 14.5 Å². The van der Waals surface area contributed by atoms with Crippen molar-refractivity contribution < 1.29 is 27.6 Å². The summed E-state index contributed by atoms with van der Waals surface area (Å²) in [6, 6.07) is 8.12. The van der Waals surface area contributed by atoms with Crippen LogP contribution in [0.3, 0.4) is 0 Å². The summed E-state index contributed by atoms with van der Waals surface area (Å²) < 4.78 is 49.7. The van der Waals surface area contributed by atoms with Crippen molar-refractivity contribution in [2.75, 3.05) is 39.1 Å². The molecule has 3 N–H and O–H groups in total. The molecule has 0 saturated carbocycles. The molecule has 3 aliphatic rings. The van der Waals surface area contributed by atoms with E-state index in [0.717, 1.165) is 25.8 Å². The monoisotopic (exact) mass is 687 g/mol. The Balaban J connectivity index is 1.27.